The predicted octanol–water partition coefficient (Wildman–Crippen LogP) is 3.07. The lowest BCUT2D eigenvalue weighted by Crippen LogP contribution is -2.64. The van der Waals surface area contributed by atoms with E-state index in [2.05, 4.69) is 10.1 Å². The standard InChI is InChI=1S/C31H38F3N3O6/c1-16(2)23(35)29(41)37(22-14-20-8-6-7-9-21(20)15-22)25(26(38)18-10-12-19(13-11-18)30(42)43-5)28(40)36-24(17(3)4)27(39)31(32,33)34/h6-13,16-17,22-25,27,39H,14-15,35H2,1-5H3,(H,36,40)/t23-,24?,25?,27?/m0/s1. The van der Waals surface area contributed by atoms with Gasteiger partial charge in [0.15, 0.2) is 17.9 Å². The zero-order valence-corrected chi connectivity index (χ0v) is 24.7. The number of amides is 2. The van der Waals surface area contributed by atoms with Gasteiger partial charge in [0.05, 0.1) is 24.8 Å². The normalized spacial score (nSPS) is 16.3. The molecule has 234 valence electrons. The number of carbonyl (C=O) groups excluding carboxylic acids is 4. The van der Waals surface area contributed by atoms with Gasteiger partial charge in [0.2, 0.25) is 5.91 Å². The number of benzene rings is 2. The lowest BCUT2D eigenvalue weighted by molar-refractivity contribution is -0.215. The number of Topliss-reactive ketones (excluding diaryl/α,β-unsaturated/α-hetero) is 1. The molecule has 1 aliphatic rings. The summed E-state index contributed by atoms with van der Waals surface area (Å²) in [5, 5.41) is 12.3. The summed E-state index contributed by atoms with van der Waals surface area (Å²) < 4.78 is 45.4. The second kappa shape index (κ2) is 13.7. The van der Waals surface area contributed by atoms with E-state index in [1.807, 2.05) is 24.3 Å². The Hall–Kier alpha value is -3.77. The van der Waals surface area contributed by atoms with E-state index in [0.717, 1.165) is 16.0 Å². The first-order chi connectivity index (χ1) is 20.1. The van der Waals surface area contributed by atoms with Gasteiger partial charge in [-0.25, -0.2) is 4.79 Å². The highest BCUT2D eigenvalue weighted by Crippen LogP contribution is 2.30. The predicted molar refractivity (Wildman–Crippen MR) is 152 cm³/mol. The first-order valence-corrected chi connectivity index (χ1v) is 14.0. The molecule has 2 amide bonds. The highest BCUT2D eigenvalue weighted by Gasteiger charge is 2.48. The molecule has 43 heavy (non-hydrogen) atoms. The maximum absolute atomic E-state index is 14.1. The number of nitrogens with two attached hydrogens (primary N) is 1. The SMILES string of the molecule is COC(=O)c1ccc(C(=O)C(C(=O)NC(C(C)C)C(O)C(F)(F)F)N(C(=O)[C@@H](N)C(C)C)C2Cc3ccccc3C2)cc1. The molecule has 12 heteroatoms. The lowest BCUT2D eigenvalue weighted by Gasteiger charge is -2.38. The van der Waals surface area contributed by atoms with Crippen LogP contribution in [-0.2, 0) is 27.2 Å². The number of nitrogens with one attached hydrogen (secondary N) is 1. The molecule has 3 unspecified atom stereocenters. The molecular weight excluding hydrogens is 567 g/mol. The fourth-order valence-electron chi connectivity index (χ4n) is 5.18. The monoisotopic (exact) mass is 605 g/mol. The first kappa shape index (κ1) is 33.7. The number of hydrogen-bond acceptors (Lipinski definition) is 7. The van der Waals surface area contributed by atoms with E-state index < -0.39 is 71.9 Å². The summed E-state index contributed by atoms with van der Waals surface area (Å²) in [6.07, 6.45) is -7.42. The van der Waals surface area contributed by atoms with Crippen LogP contribution in [-0.4, -0.2) is 77.1 Å². The van der Waals surface area contributed by atoms with Gasteiger partial charge in [-0.3, -0.25) is 14.4 Å². The van der Waals surface area contributed by atoms with E-state index in [1.54, 1.807) is 13.8 Å². The van der Waals surface area contributed by atoms with Crippen LogP contribution in [0.1, 0.15) is 59.5 Å². The number of rotatable bonds is 11. The second-order valence-corrected chi connectivity index (χ2v) is 11.4. The molecule has 0 heterocycles. The smallest absolute Gasteiger partial charge is 0.416 e. The van der Waals surface area contributed by atoms with Crippen LogP contribution in [0.25, 0.3) is 0 Å². The van der Waals surface area contributed by atoms with Crippen molar-refractivity contribution in [3.63, 3.8) is 0 Å². The third kappa shape index (κ3) is 7.61. The molecule has 4 N–H and O–H groups in total. The molecule has 4 atom stereocenters. The van der Waals surface area contributed by atoms with Crippen LogP contribution in [0.4, 0.5) is 13.2 Å². The number of methoxy groups -OCH3 is 1. The molecule has 0 saturated carbocycles. The molecule has 0 radical (unpaired) electrons. The van der Waals surface area contributed by atoms with Gasteiger partial charge in [0, 0.05) is 11.6 Å². The Morgan fingerprint density at radius 1 is 0.930 bits per heavy atom. The van der Waals surface area contributed by atoms with Gasteiger partial charge < -0.3 is 25.8 Å². The van der Waals surface area contributed by atoms with Crippen LogP contribution < -0.4 is 11.1 Å². The minimum atomic E-state index is -5.06. The number of esters is 1. The molecule has 0 spiro atoms. The van der Waals surface area contributed by atoms with Gasteiger partial charge >= 0.3 is 12.1 Å². The molecule has 3 rings (SSSR count). The number of carbonyl (C=O) groups is 4. The number of fused-ring (bicyclic) bond motifs is 1. The third-order valence-corrected chi connectivity index (χ3v) is 7.75. The average Bonchev–Trinajstić information content (AvgIpc) is 3.39. The molecular formula is C31H38F3N3O6. The number of alkyl halides is 3. The molecule has 9 nitrogen and oxygen atoms in total. The average molecular weight is 606 g/mol. The van der Waals surface area contributed by atoms with E-state index in [9.17, 15) is 37.5 Å². The Bertz CT molecular complexity index is 1300. The quantitative estimate of drug-likeness (QED) is 0.203. The van der Waals surface area contributed by atoms with Crippen molar-refractivity contribution >= 4 is 23.6 Å². The van der Waals surface area contributed by atoms with Gasteiger partial charge in [-0.2, -0.15) is 13.2 Å². The third-order valence-electron chi connectivity index (χ3n) is 7.75. The fraction of sp³-hybridized carbons (Fsp3) is 0.484. The van der Waals surface area contributed by atoms with Crippen molar-refractivity contribution < 1.29 is 42.2 Å². The fourth-order valence-corrected chi connectivity index (χ4v) is 5.18. The Morgan fingerprint density at radius 2 is 1.44 bits per heavy atom. The van der Waals surface area contributed by atoms with Crippen LogP contribution in [0.5, 0.6) is 0 Å². The number of halogens is 3. The number of hydrogen-bond donors (Lipinski definition) is 3. The van der Waals surface area contributed by atoms with E-state index in [0.29, 0.717) is 0 Å². The minimum absolute atomic E-state index is 0.0725. The lowest BCUT2D eigenvalue weighted by atomic mass is 9.93. The van der Waals surface area contributed by atoms with Gasteiger partial charge in [-0.1, -0.05) is 64.1 Å². The van der Waals surface area contributed by atoms with E-state index in [1.165, 1.54) is 45.2 Å². The van der Waals surface area contributed by atoms with Crippen LogP contribution >= 0.6 is 0 Å². The highest BCUT2D eigenvalue weighted by atomic mass is 19.4. The first-order valence-electron chi connectivity index (χ1n) is 14.0. The maximum Gasteiger partial charge on any atom is 0.416 e. The number of aliphatic hydroxyl groups excluding tert-OH is 1. The summed E-state index contributed by atoms with van der Waals surface area (Å²) in [6.45, 7) is 6.16. The second-order valence-electron chi connectivity index (χ2n) is 11.4. The Labute approximate surface area is 248 Å². The molecule has 1 aliphatic carbocycles. The van der Waals surface area contributed by atoms with Crippen molar-refractivity contribution in [1.82, 2.24) is 10.2 Å². The summed E-state index contributed by atoms with van der Waals surface area (Å²) in [6, 6.07) is 6.91. The van der Waals surface area contributed by atoms with E-state index in [-0.39, 0.29) is 24.0 Å². The Morgan fingerprint density at radius 3 is 1.88 bits per heavy atom. The summed E-state index contributed by atoms with van der Waals surface area (Å²) in [5.41, 5.74) is 8.09. The van der Waals surface area contributed by atoms with Crippen molar-refractivity contribution in [2.45, 2.75) is 77.0 Å². The van der Waals surface area contributed by atoms with Gasteiger partial charge in [-0.05, 0) is 47.9 Å². The van der Waals surface area contributed by atoms with Crippen LogP contribution in [0, 0.1) is 11.8 Å². The zero-order valence-electron chi connectivity index (χ0n) is 24.7. The molecule has 0 aromatic heterocycles. The molecule has 0 fully saturated rings. The van der Waals surface area contributed by atoms with Crippen LogP contribution in [0.15, 0.2) is 48.5 Å². The summed E-state index contributed by atoms with van der Waals surface area (Å²) in [7, 11) is 1.18. The number of aliphatic hydroxyl groups is 1. The van der Waals surface area contributed by atoms with Crippen molar-refractivity contribution in [3.05, 3.63) is 70.8 Å². The number of ketones is 1. The Balaban J connectivity index is 2.15. The topological polar surface area (TPSA) is 139 Å². The number of ether oxygens (including phenoxy) is 1. The Kier molecular flexibility index (Phi) is 10.7. The van der Waals surface area contributed by atoms with Crippen LogP contribution in [0.3, 0.4) is 0 Å². The maximum atomic E-state index is 14.1. The van der Waals surface area contributed by atoms with E-state index in [4.69, 9.17) is 5.73 Å². The summed E-state index contributed by atoms with van der Waals surface area (Å²) in [4.78, 5) is 55.1. The largest absolute Gasteiger partial charge is 0.465 e. The van der Waals surface area contributed by atoms with Gasteiger partial charge in [0.1, 0.15) is 0 Å². The highest BCUT2D eigenvalue weighted by molar-refractivity contribution is 6.15. The number of nitrogens with zero attached hydrogens (tertiary/aromatic N) is 1. The molecule has 2 aromatic rings. The van der Waals surface area contributed by atoms with Crippen molar-refractivity contribution in [3.8, 4) is 0 Å². The van der Waals surface area contributed by atoms with Gasteiger partial charge in [0.25, 0.3) is 5.91 Å². The summed E-state index contributed by atoms with van der Waals surface area (Å²) >= 11 is 0. The summed E-state index contributed by atoms with van der Waals surface area (Å²) in [5.74, 6) is -4.76. The van der Waals surface area contributed by atoms with Crippen molar-refractivity contribution in [2.75, 3.05) is 7.11 Å². The molecule has 0 saturated heterocycles. The van der Waals surface area contributed by atoms with Crippen molar-refractivity contribution in [2.24, 2.45) is 17.6 Å². The van der Waals surface area contributed by atoms with Gasteiger partial charge in [-0.15, -0.1) is 0 Å². The molecule has 2 aromatic carbocycles. The van der Waals surface area contributed by atoms with Crippen molar-refractivity contribution in [1.29, 1.82) is 0 Å². The molecule has 0 bridgehead atoms. The molecule has 0 aliphatic heterocycles. The van der Waals surface area contributed by atoms with Crippen LogP contribution in [0.2, 0.25) is 0 Å². The zero-order chi connectivity index (χ0) is 32.2. The minimum Gasteiger partial charge on any atom is -0.465 e. The van der Waals surface area contributed by atoms with E-state index >= 15 is 0 Å².